The number of rotatable bonds is 5. The summed E-state index contributed by atoms with van der Waals surface area (Å²) in [6, 6.07) is 10.7. The number of nitriles is 1. The van der Waals surface area contributed by atoms with Crippen molar-refractivity contribution < 1.29 is 13.9 Å². The van der Waals surface area contributed by atoms with Gasteiger partial charge in [-0.25, -0.2) is 4.39 Å². The van der Waals surface area contributed by atoms with Gasteiger partial charge in [-0.3, -0.25) is 9.48 Å². The lowest BCUT2D eigenvalue weighted by molar-refractivity contribution is -0.120. The van der Waals surface area contributed by atoms with Crippen LogP contribution in [-0.2, 0) is 11.2 Å². The van der Waals surface area contributed by atoms with Crippen LogP contribution < -0.4 is 15.0 Å². The number of anilines is 1. The van der Waals surface area contributed by atoms with E-state index >= 15 is 0 Å². The molecule has 37 heavy (non-hydrogen) atoms. The molecule has 3 heterocycles. The number of amides is 1. The predicted octanol–water partition coefficient (Wildman–Crippen LogP) is 5.36. The fraction of sp³-hybridized carbons (Fsp3) is 0.414. The van der Waals surface area contributed by atoms with E-state index in [1.165, 1.54) is 6.07 Å². The van der Waals surface area contributed by atoms with Gasteiger partial charge in [0, 0.05) is 34.8 Å². The largest absolute Gasteiger partial charge is 0.455 e. The van der Waals surface area contributed by atoms with Gasteiger partial charge in [0.25, 0.3) is 0 Å². The maximum absolute atomic E-state index is 14.5. The van der Waals surface area contributed by atoms with Gasteiger partial charge < -0.3 is 15.0 Å². The van der Waals surface area contributed by atoms with Crippen LogP contribution >= 0.6 is 0 Å². The number of ether oxygens (including phenoxy) is 1. The summed E-state index contributed by atoms with van der Waals surface area (Å²) >= 11 is 0. The van der Waals surface area contributed by atoms with Crippen LogP contribution in [0.25, 0.3) is 11.1 Å². The number of carbonyl (C=O) groups excluding carboxylic acids is 1. The Labute approximate surface area is 215 Å². The second-order valence-electron chi connectivity index (χ2n) is 10.3. The quantitative estimate of drug-likeness (QED) is 0.511. The van der Waals surface area contributed by atoms with Gasteiger partial charge in [-0.1, -0.05) is 6.07 Å². The minimum atomic E-state index is -0.621. The Balaban J connectivity index is 1.47. The van der Waals surface area contributed by atoms with Crippen molar-refractivity contribution in [2.75, 3.05) is 18.0 Å². The lowest BCUT2D eigenvalue weighted by Crippen LogP contribution is -2.43. The molecule has 0 bridgehead atoms. The number of piperidine rings is 1. The number of carbonyl (C=O) groups is 1. The SMILES string of the molecule is C[C@H]1CCc2c(ccc(-c3cnn(C4CCNCC4)c3)c2Oc2cccc(F)c2C#N)N1C(=O)C1CC1. The minimum Gasteiger partial charge on any atom is -0.455 e. The first-order valence-electron chi connectivity index (χ1n) is 13.2. The Morgan fingerprint density at radius 3 is 2.73 bits per heavy atom. The molecule has 2 fully saturated rings. The summed E-state index contributed by atoms with van der Waals surface area (Å²) in [6.45, 7) is 4.01. The van der Waals surface area contributed by atoms with Gasteiger partial charge in [0.2, 0.25) is 5.91 Å². The Morgan fingerprint density at radius 2 is 1.97 bits per heavy atom. The lowest BCUT2D eigenvalue weighted by atomic mass is 9.92. The molecule has 3 aliphatic rings. The molecule has 190 valence electrons. The van der Waals surface area contributed by atoms with E-state index in [1.54, 1.807) is 12.1 Å². The van der Waals surface area contributed by atoms with Crippen LogP contribution in [0.4, 0.5) is 10.1 Å². The molecule has 1 aliphatic carbocycles. The number of benzene rings is 2. The van der Waals surface area contributed by atoms with Crippen molar-refractivity contribution in [3.8, 4) is 28.7 Å². The van der Waals surface area contributed by atoms with Gasteiger partial charge in [-0.2, -0.15) is 10.4 Å². The molecule has 1 aromatic heterocycles. The standard InChI is InChI=1S/C29H30FN5O2/c1-18-5-8-23-26(35(18)29(36)19-6-7-19)10-9-22(20-16-33-34(17-20)21-11-13-32-14-12-21)28(23)37-27-4-2-3-25(30)24(27)15-31/h2-4,9-10,16-19,21,32H,5-8,11-14H2,1H3/t18-/m0/s1. The monoisotopic (exact) mass is 499 g/mol. The molecule has 1 atom stereocenters. The summed E-state index contributed by atoms with van der Waals surface area (Å²) in [5.74, 6) is 0.360. The van der Waals surface area contributed by atoms with Gasteiger partial charge in [-0.15, -0.1) is 0 Å². The summed E-state index contributed by atoms with van der Waals surface area (Å²) in [6.07, 6.45) is 9.29. The number of aromatic nitrogens is 2. The van der Waals surface area contributed by atoms with Gasteiger partial charge in [-0.05, 0) is 82.8 Å². The normalized spacial score (nSPS) is 19.8. The summed E-state index contributed by atoms with van der Waals surface area (Å²) in [5, 5.41) is 17.7. The highest BCUT2D eigenvalue weighted by Gasteiger charge is 2.39. The Kier molecular flexibility index (Phi) is 6.17. The fourth-order valence-corrected chi connectivity index (χ4v) is 5.57. The molecule has 1 amide bonds. The van der Waals surface area contributed by atoms with E-state index in [1.807, 2.05) is 40.2 Å². The summed E-state index contributed by atoms with van der Waals surface area (Å²) in [5.41, 5.74) is 3.33. The molecule has 8 heteroatoms. The molecule has 0 radical (unpaired) electrons. The molecule has 0 spiro atoms. The van der Waals surface area contributed by atoms with Crippen LogP contribution in [0.1, 0.15) is 56.2 Å². The maximum Gasteiger partial charge on any atom is 0.230 e. The van der Waals surface area contributed by atoms with Crippen molar-refractivity contribution in [1.82, 2.24) is 15.1 Å². The third-order valence-corrected chi connectivity index (χ3v) is 7.81. The second-order valence-corrected chi connectivity index (χ2v) is 10.3. The zero-order chi connectivity index (χ0) is 25.5. The molecule has 6 rings (SSSR count). The van der Waals surface area contributed by atoms with E-state index in [0.29, 0.717) is 18.2 Å². The van der Waals surface area contributed by atoms with Gasteiger partial charge >= 0.3 is 0 Å². The van der Waals surface area contributed by atoms with Crippen LogP contribution in [-0.4, -0.2) is 34.8 Å². The predicted molar refractivity (Wildman–Crippen MR) is 138 cm³/mol. The van der Waals surface area contributed by atoms with E-state index in [0.717, 1.165) is 67.6 Å². The number of nitrogens with zero attached hydrogens (tertiary/aromatic N) is 4. The van der Waals surface area contributed by atoms with Gasteiger partial charge in [0.1, 0.15) is 28.9 Å². The minimum absolute atomic E-state index is 0.0887. The molecule has 2 aliphatic heterocycles. The highest BCUT2D eigenvalue weighted by atomic mass is 19.1. The first kappa shape index (κ1) is 23.7. The van der Waals surface area contributed by atoms with Crippen molar-refractivity contribution in [3.05, 3.63) is 59.7 Å². The summed E-state index contributed by atoms with van der Waals surface area (Å²) < 4.78 is 22.9. The van der Waals surface area contributed by atoms with Crippen molar-refractivity contribution in [2.45, 2.75) is 57.5 Å². The highest BCUT2D eigenvalue weighted by molar-refractivity contribution is 5.99. The Morgan fingerprint density at radius 1 is 1.16 bits per heavy atom. The lowest BCUT2D eigenvalue weighted by Gasteiger charge is -2.36. The average molecular weight is 500 g/mol. The van der Waals surface area contributed by atoms with E-state index < -0.39 is 5.82 Å². The van der Waals surface area contributed by atoms with Crippen LogP contribution in [0, 0.1) is 23.1 Å². The van der Waals surface area contributed by atoms with E-state index in [-0.39, 0.29) is 29.2 Å². The van der Waals surface area contributed by atoms with Crippen LogP contribution in [0.5, 0.6) is 11.5 Å². The molecule has 1 N–H and O–H groups in total. The highest BCUT2D eigenvalue weighted by Crippen LogP contribution is 2.46. The molecule has 7 nitrogen and oxygen atoms in total. The smallest absolute Gasteiger partial charge is 0.230 e. The van der Waals surface area contributed by atoms with E-state index in [4.69, 9.17) is 4.74 Å². The Bertz CT molecular complexity index is 1380. The molecule has 0 unspecified atom stereocenters. The van der Waals surface area contributed by atoms with E-state index in [9.17, 15) is 14.4 Å². The van der Waals surface area contributed by atoms with Crippen molar-refractivity contribution in [1.29, 1.82) is 5.26 Å². The summed E-state index contributed by atoms with van der Waals surface area (Å²) in [4.78, 5) is 15.2. The number of halogens is 1. The summed E-state index contributed by atoms with van der Waals surface area (Å²) in [7, 11) is 0. The second kappa shape index (κ2) is 9.64. The average Bonchev–Trinajstić information content (AvgIpc) is 3.65. The third-order valence-electron chi connectivity index (χ3n) is 7.81. The number of nitrogens with one attached hydrogen (secondary N) is 1. The topological polar surface area (TPSA) is 83.2 Å². The zero-order valence-electron chi connectivity index (χ0n) is 20.9. The third kappa shape index (κ3) is 4.38. The molecular formula is C29H30FN5O2. The number of fused-ring (bicyclic) bond motifs is 1. The van der Waals surface area contributed by atoms with Crippen molar-refractivity contribution >= 4 is 11.6 Å². The first-order chi connectivity index (χ1) is 18.0. The Hall–Kier alpha value is -3.70. The number of hydrogen-bond donors (Lipinski definition) is 1. The molecule has 1 saturated heterocycles. The molecule has 1 saturated carbocycles. The van der Waals surface area contributed by atoms with Gasteiger partial charge in [0.15, 0.2) is 0 Å². The molecular weight excluding hydrogens is 469 g/mol. The van der Waals surface area contributed by atoms with Crippen LogP contribution in [0.2, 0.25) is 0 Å². The van der Waals surface area contributed by atoms with Gasteiger partial charge in [0.05, 0.1) is 17.9 Å². The molecule has 3 aromatic rings. The first-order valence-corrected chi connectivity index (χ1v) is 13.2. The van der Waals surface area contributed by atoms with Crippen molar-refractivity contribution in [2.24, 2.45) is 5.92 Å². The van der Waals surface area contributed by atoms with Crippen LogP contribution in [0.3, 0.4) is 0 Å². The maximum atomic E-state index is 14.5. The van der Waals surface area contributed by atoms with Crippen LogP contribution in [0.15, 0.2) is 42.7 Å². The zero-order valence-corrected chi connectivity index (χ0v) is 20.9. The molecule has 2 aromatic carbocycles. The van der Waals surface area contributed by atoms with E-state index in [2.05, 4.69) is 17.3 Å². The number of hydrogen-bond acceptors (Lipinski definition) is 5. The van der Waals surface area contributed by atoms with Crippen molar-refractivity contribution in [3.63, 3.8) is 0 Å². The fourth-order valence-electron chi connectivity index (χ4n) is 5.57.